The summed E-state index contributed by atoms with van der Waals surface area (Å²) in [5.74, 6) is 2.04. The zero-order valence-electron chi connectivity index (χ0n) is 16.0. The Kier molecular flexibility index (Phi) is 5.72. The van der Waals surface area contributed by atoms with Crippen LogP contribution >= 0.6 is 22.9 Å². The highest BCUT2D eigenvalue weighted by atomic mass is 35.5. The van der Waals surface area contributed by atoms with E-state index in [-0.39, 0.29) is 11.3 Å². The lowest BCUT2D eigenvalue weighted by Gasteiger charge is -2.36. The van der Waals surface area contributed by atoms with Crippen LogP contribution in [0.5, 0.6) is 0 Å². The maximum absolute atomic E-state index is 12.5. The van der Waals surface area contributed by atoms with Crippen molar-refractivity contribution in [2.24, 2.45) is 17.8 Å². The third kappa shape index (κ3) is 3.96. The number of hydrogen-bond acceptors (Lipinski definition) is 6. The molecule has 2 unspecified atom stereocenters. The highest BCUT2D eigenvalue weighted by molar-refractivity contribution is 7.20. The van der Waals surface area contributed by atoms with E-state index in [1.54, 1.807) is 0 Å². The van der Waals surface area contributed by atoms with Gasteiger partial charge in [0.25, 0.3) is 0 Å². The van der Waals surface area contributed by atoms with Gasteiger partial charge in [-0.25, -0.2) is 9.78 Å². The maximum Gasteiger partial charge on any atom is 0.348 e. The van der Waals surface area contributed by atoms with E-state index < -0.39 is 0 Å². The molecule has 2 aromatic rings. The minimum Gasteiger partial charge on any atom is -0.461 e. The van der Waals surface area contributed by atoms with Crippen molar-refractivity contribution in [3.63, 3.8) is 0 Å². The normalized spacial score (nSPS) is 20.8. The molecule has 0 bridgehead atoms. The topological polar surface area (TPSA) is 55.3 Å². The number of rotatable bonds is 4. The lowest BCUT2D eigenvalue weighted by Crippen LogP contribution is -2.39. The first-order chi connectivity index (χ1) is 12.3. The number of esters is 1. The number of aromatic nitrogens is 2. The smallest absolute Gasteiger partial charge is 0.348 e. The van der Waals surface area contributed by atoms with Gasteiger partial charge in [-0.05, 0) is 48.3 Å². The molecule has 0 spiro atoms. The molecule has 142 valence electrons. The fourth-order valence-electron chi connectivity index (χ4n) is 3.66. The summed E-state index contributed by atoms with van der Waals surface area (Å²) in [5, 5.41) is 1.15. The first kappa shape index (κ1) is 19.4. The van der Waals surface area contributed by atoms with Crippen LogP contribution in [0.1, 0.15) is 49.4 Å². The Labute approximate surface area is 163 Å². The van der Waals surface area contributed by atoms with E-state index in [1.165, 1.54) is 17.8 Å². The van der Waals surface area contributed by atoms with E-state index >= 15 is 0 Å². The average molecular weight is 396 g/mol. The van der Waals surface area contributed by atoms with Gasteiger partial charge in [0.2, 0.25) is 5.28 Å². The van der Waals surface area contributed by atoms with Crippen LogP contribution in [0.3, 0.4) is 0 Å². The first-order valence-corrected chi connectivity index (χ1v) is 10.3. The Hall–Kier alpha value is -1.40. The van der Waals surface area contributed by atoms with Gasteiger partial charge in [-0.15, -0.1) is 11.3 Å². The summed E-state index contributed by atoms with van der Waals surface area (Å²) in [6.45, 7) is 12.8. The summed E-state index contributed by atoms with van der Waals surface area (Å²) in [7, 11) is 0. The first-order valence-electron chi connectivity index (χ1n) is 9.15. The summed E-state index contributed by atoms with van der Waals surface area (Å²) >= 11 is 7.54. The molecule has 1 fully saturated rings. The van der Waals surface area contributed by atoms with E-state index in [9.17, 15) is 4.79 Å². The van der Waals surface area contributed by atoms with Crippen LogP contribution in [0, 0.1) is 24.7 Å². The van der Waals surface area contributed by atoms with Gasteiger partial charge in [0, 0.05) is 13.1 Å². The molecule has 0 aliphatic carbocycles. The van der Waals surface area contributed by atoms with Crippen molar-refractivity contribution in [3.05, 3.63) is 15.7 Å². The second-order valence-corrected chi connectivity index (χ2v) is 9.23. The molecule has 2 aromatic heterocycles. The van der Waals surface area contributed by atoms with E-state index in [1.807, 2.05) is 20.8 Å². The number of fused-ring (bicyclic) bond motifs is 1. The van der Waals surface area contributed by atoms with Crippen LogP contribution in [-0.4, -0.2) is 35.6 Å². The number of carbonyl (C=O) groups excluding carboxylic acids is 1. The second kappa shape index (κ2) is 7.69. The van der Waals surface area contributed by atoms with E-state index in [2.05, 4.69) is 28.7 Å². The van der Waals surface area contributed by atoms with E-state index in [4.69, 9.17) is 16.3 Å². The van der Waals surface area contributed by atoms with Crippen LogP contribution in [-0.2, 0) is 4.74 Å². The van der Waals surface area contributed by atoms with Crippen molar-refractivity contribution in [2.45, 2.75) is 41.0 Å². The highest BCUT2D eigenvalue weighted by Gasteiger charge is 2.28. The quantitative estimate of drug-likeness (QED) is 0.541. The molecular formula is C19H26ClN3O2S. The van der Waals surface area contributed by atoms with Crippen molar-refractivity contribution < 1.29 is 9.53 Å². The Morgan fingerprint density at radius 2 is 1.96 bits per heavy atom. The molecular weight excluding hydrogens is 370 g/mol. The van der Waals surface area contributed by atoms with E-state index in [0.29, 0.717) is 29.2 Å². The fraction of sp³-hybridized carbons (Fsp3) is 0.632. The molecule has 0 amide bonds. The van der Waals surface area contributed by atoms with E-state index in [0.717, 1.165) is 34.7 Å². The number of ether oxygens (including phenoxy) is 1. The highest BCUT2D eigenvalue weighted by Crippen LogP contribution is 2.38. The molecule has 7 heteroatoms. The van der Waals surface area contributed by atoms with Gasteiger partial charge in [0.1, 0.15) is 15.5 Å². The van der Waals surface area contributed by atoms with Crippen LogP contribution in [0.2, 0.25) is 5.28 Å². The summed E-state index contributed by atoms with van der Waals surface area (Å²) < 4.78 is 5.43. The largest absolute Gasteiger partial charge is 0.461 e. The van der Waals surface area contributed by atoms with Gasteiger partial charge in [-0.2, -0.15) is 4.98 Å². The van der Waals surface area contributed by atoms with Gasteiger partial charge < -0.3 is 9.64 Å². The number of carbonyl (C=O) groups is 1. The monoisotopic (exact) mass is 395 g/mol. The maximum atomic E-state index is 12.5. The van der Waals surface area contributed by atoms with Gasteiger partial charge in [0.15, 0.2) is 0 Å². The van der Waals surface area contributed by atoms with Gasteiger partial charge in [-0.1, -0.05) is 27.7 Å². The molecule has 0 aromatic carbocycles. The minimum absolute atomic E-state index is 0.224. The third-order valence-electron chi connectivity index (χ3n) is 4.65. The van der Waals surface area contributed by atoms with Crippen molar-refractivity contribution in [1.82, 2.24) is 9.97 Å². The number of piperidine rings is 1. The van der Waals surface area contributed by atoms with Crippen molar-refractivity contribution in [2.75, 3.05) is 24.6 Å². The predicted octanol–water partition coefficient (Wildman–Crippen LogP) is 4.95. The average Bonchev–Trinajstić information content (AvgIpc) is 2.87. The molecule has 3 rings (SSSR count). The Morgan fingerprint density at radius 3 is 2.58 bits per heavy atom. The van der Waals surface area contributed by atoms with Crippen LogP contribution in [0.25, 0.3) is 10.2 Å². The molecule has 0 saturated carbocycles. The van der Waals surface area contributed by atoms with Crippen molar-refractivity contribution in [3.8, 4) is 0 Å². The zero-order chi connectivity index (χ0) is 19.0. The number of aryl methyl sites for hydroxylation is 1. The van der Waals surface area contributed by atoms with Crippen molar-refractivity contribution in [1.29, 1.82) is 0 Å². The van der Waals surface area contributed by atoms with Crippen molar-refractivity contribution >= 4 is 44.9 Å². The molecule has 3 heterocycles. The summed E-state index contributed by atoms with van der Waals surface area (Å²) in [5.41, 5.74) is 0.885. The molecule has 1 aliphatic heterocycles. The molecule has 0 N–H and O–H groups in total. The summed E-state index contributed by atoms with van der Waals surface area (Å²) in [6.07, 6.45) is 1.22. The zero-order valence-corrected chi connectivity index (χ0v) is 17.6. The molecule has 0 radical (unpaired) electrons. The number of nitrogens with zero attached hydrogens (tertiary/aromatic N) is 3. The second-order valence-electron chi connectivity index (χ2n) is 7.90. The van der Waals surface area contributed by atoms with Crippen LogP contribution < -0.4 is 4.90 Å². The SMILES string of the molecule is Cc1c(C(=O)OCC(C)C)sc2nc(Cl)nc(N3CC(C)CC(C)C3)c12. The molecule has 26 heavy (non-hydrogen) atoms. The molecule has 2 atom stereocenters. The minimum atomic E-state index is -0.290. The number of hydrogen-bond donors (Lipinski definition) is 0. The molecule has 5 nitrogen and oxygen atoms in total. The van der Waals surface area contributed by atoms with Gasteiger partial charge >= 0.3 is 5.97 Å². The van der Waals surface area contributed by atoms with Crippen LogP contribution in [0.4, 0.5) is 5.82 Å². The molecule has 1 aliphatic rings. The number of anilines is 1. The third-order valence-corrected chi connectivity index (χ3v) is 5.98. The Balaban J connectivity index is 2.03. The lowest BCUT2D eigenvalue weighted by atomic mass is 9.92. The lowest BCUT2D eigenvalue weighted by molar-refractivity contribution is 0.0464. The van der Waals surface area contributed by atoms with Gasteiger partial charge in [-0.3, -0.25) is 0 Å². The molecule has 1 saturated heterocycles. The standard InChI is InChI=1S/C19H26ClN3O2S/c1-10(2)9-25-18(24)15-13(5)14-16(21-19(20)22-17(14)26-15)23-7-11(3)6-12(4)8-23/h10-12H,6-9H2,1-5H3. The summed E-state index contributed by atoms with van der Waals surface area (Å²) in [4.78, 5) is 25.0. The Bertz CT molecular complexity index is 811. The Morgan fingerprint density at radius 1 is 1.31 bits per heavy atom. The van der Waals surface area contributed by atoms with Crippen LogP contribution in [0.15, 0.2) is 0 Å². The fourth-order valence-corrected chi connectivity index (χ4v) is 4.94. The number of thiophene rings is 1. The summed E-state index contributed by atoms with van der Waals surface area (Å²) in [6, 6.07) is 0. The predicted molar refractivity (Wildman–Crippen MR) is 107 cm³/mol. The number of halogens is 1. The van der Waals surface area contributed by atoms with Gasteiger partial charge in [0.05, 0.1) is 12.0 Å².